The van der Waals surface area contributed by atoms with Crippen LogP contribution >= 0.6 is 12.4 Å². The van der Waals surface area contributed by atoms with E-state index in [1.54, 1.807) is 24.3 Å². The van der Waals surface area contributed by atoms with E-state index in [1.165, 1.54) is 4.31 Å². The molecule has 3 N–H and O–H groups in total. The van der Waals surface area contributed by atoms with Crippen molar-refractivity contribution >= 4 is 34.0 Å². The largest absolute Gasteiger partial charge is 0.350 e. The highest BCUT2D eigenvalue weighted by atomic mass is 35.5. The third-order valence-electron chi connectivity index (χ3n) is 4.24. The first-order chi connectivity index (χ1) is 10.5. The minimum atomic E-state index is -3.18. The molecule has 1 aliphatic carbocycles. The summed E-state index contributed by atoms with van der Waals surface area (Å²) in [5.74, 6) is 0.559. The molecule has 2 fully saturated rings. The highest BCUT2D eigenvalue weighted by Gasteiger charge is 2.29. The molecular formula is C15H22ClN3O3S. The number of hydrogen-bond donors (Lipinski definition) is 2. The average molecular weight is 360 g/mol. The van der Waals surface area contributed by atoms with Gasteiger partial charge in [0, 0.05) is 24.7 Å². The molecule has 1 amide bonds. The summed E-state index contributed by atoms with van der Waals surface area (Å²) in [4.78, 5) is 12.1. The topological polar surface area (TPSA) is 92.5 Å². The Balaban J connectivity index is 0.00000192. The van der Waals surface area contributed by atoms with Gasteiger partial charge in [-0.3, -0.25) is 9.10 Å². The highest BCUT2D eigenvalue weighted by molar-refractivity contribution is 7.93. The maximum absolute atomic E-state index is 12.1. The number of halogens is 1. The summed E-state index contributed by atoms with van der Waals surface area (Å²) in [6.45, 7) is 0.982. The summed E-state index contributed by atoms with van der Waals surface area (Å²) >= 11 is 0. The van der Waals surface area contributed by atoms with E-state index < -0.39 is 10.0 Å². The third kappa shape index (κ3) is 4.16. The van der Waals surface area contributed by atoms with Gasteiger partial charge in [0.25, 0.3) is 5.91 Å². The van der Waals surface area contributed by atoms with E-state index in [9.17, 15) is 13.2 Å². The Morgan fingerprint density at radius 1 is 1.30 bits per heavy atom. The number of benzene rings is 1. The van der Waals surface area contributed by atoms with Crippen LogP contribution in [0.15, 0.2) is 24.3 Å². The molecule has 1 atom stereocenters. The third-order valence-corrected chi connectivity index (χ3v) is 6.11. The van der Waals surface area contributed by atoms with E-state index >= 15 is 0 Å². The maximum atomic E-state index is 12.1. The Morgan fingerprint density at radius 3 is 2.48 bits per heavy atom. The molecule has 23 heavy (non-hydrogen) atoms. The summed E-state index contributed by atoms with van der Waals surface area (Å²) in [6, 6.07) is 6.69. The molecular weight excluding hydrogens is 338 g/mol. The number of nitrogens with zero attached hydrogens (tertiary/aromatic N) is 1. The van der Waals surface area contributed by atoms with Crippen LogP contribution in [0.1, 0.15) is 29.6 Å². The van der Waals surface area contributed by atoms with Crippen molar-refractivity contribution in [3.63, 3.8) is 0 Å². The zero-order valence-corrected chi connectivity index (χ0v) is 14.4. The fourth-order valence-corrected chi connectivity index (χ4v) is 4.28. The average Bonchev–Trinajstić information content (AvgIpc) is 3.28. The van der Waals surface area contributed by atoms with Gasteiger partial charge in [-0.25, -0.2) is 8.42 Å². The molecule has 1 unspecified atom stereocenters. The quantitative estimate of drug-likeness (QED) is 0.823. The summed E-state index contributed by atoms with van der Waals surface area (Å²) < 4.78 is 25.1. The van der Waals surface area contributed by atoms with Crippen LogP contribution in [-0.4, -0.2) is 39.2 Å². The molecule has 0 radical (unpaired) electrons. The SMILES string of the molecule is Cl.NC(CNC(=O)c1ccc(N2CCCS2(=O)=O)cc1)C1CC1. The van der Waals surface area contributed by atoms with Gasteiger partial charge in [0.15, 0.2) is 0 Å². The Labute approximate surface area is 142 Å². The van der Waals surface area contributed by atoms with Crippen molar-refractivity contribution in [2.45, 2.75) is 25.3 Å². The van der Waals surface area contributed by atoms with Crippen LogP contribution in [0, 0.1) is 5.92 Å². The first-order valence-electron chi connectivity index (χ1n) is 7.61. The number of nitrogens with one attached hydrogen (secondary N) is 1. The second-order valence-corrected chi connectivity index (χ2v) is 8.01. The van der Waals surface area contributed by atoms with Crippen LogP contribution in [-0.2, 0) is 10.0 Å². The molecule has 2 aliphatic rings. The van der Waals surface area contributed by atoms with Gasteiger partial charge in [0.05, 0.1) is 11.4 Å². The number of carbonyl (C=O) groups excluding carboxylic acids is 1. The van der Waals surface area contributed by atoms with E-state index in [2.05, 4.69) is 5.32 Å². The molecule has 0 aromatic heterocycles. The van der Waals surface area contributed by atoms with E-state index in [-0.39, 0.29) is 30.1 Å². The molecule has 8 heteroatoms. The predicted molar refractivity (Wildman–Crippen MR) is 92.5 cm³/mol. The molecule has 0 spiro atoms. The fraction of sp³-hybridized carbons (Fsp3) is 0.533. The van der Waals surface area contributed by atoms with Gasteiger partial charge < -0.3 is 11.1 Å². The van der Waals surface area contributed by atoms with Gasteiger partial charge in [-0.05, 0) is 49.4 Å². The molecule has 128 valence electrons. The molecule has 1 aromatic carbocycles. The van der Waals surface area contributed by atoms with Crippen molar-refractivity contribution in [1.29, 1.82) is 0 Å². The van der Waals surface area contributed by atoms with E-state index in [4.69, 9.17) is 5.73 Å². The first-order valence-corrected chi connectivity index (χ1v) is 9.22. The van der Waals surface area contributed by atoms with E-state index in [1.807, 2.05) is 0 Å². The van der Waals surface area contributed by atoms with Crippen LogP contribution < -0.4 is 15.4 Å². The first kappa shape index (κ1) is 18.0. The number of carbonyl (C=O) groups is 1. The number of sulfonamides is 1. The van der Waals surface area contributed by atoms with Gasteiger partial charge in [-0.1, -0.05) is 0 Å². The van der Waals surface area contributed by atoms with Crippen LogP contribution in [0.4, 0.5) is 5.69 Å². The number of amides is 1. The predicted octanol–water partition coefficient (Wildman–Crippen LogP) is 1.12. The minimum Gasteiger partial charge on any atom is -0.350 e. The highest BCUT2D eigenvalue weighted by Crippen LogP contribution is 2.31. The normalized spacial score (nSPS) is 20.7. The van der Waals surface area contributed by atoms with Crippen molar-refractivity contribution in [3.8, 4) is 0 Å². The molecule has 0 bridgehead atoms. The van der Waals surface area contributed by atoms with Gasteiger partial charge >= 0.3 is 0 Å². The van der Waals surface area contributed by atoms with Crippen molar-refractivity contribution in [2.24, 2.45) is 11.7 Å². The minimum absolute atomic E-state index is 0. The molecule has 1 saturated heterocycles. The smallest absolute Gasteiger partial charge is 0.251 e. The van der Waals surface area contributed by atoms with Crippen LogP contribution in [0.25, 0.3) is 0 Å². The van der Waals surface area contributed by atoms with Crippen molar-refractivity contribution in [1.82, 2.24) is 5.32 Å². The van der Waals surface area contributed by atoms with E-state index in [0.717, 1.165) is 12.8 Å². The Kier molecular flexibility index (Phi) is 5.54. The molecule has 6 nitrogen and oxygen atoms in total. The fourth-order valence-electron chi connectivity index (χ4n) is 2.71. The second kappa shape index (κ2) is 7.07. The second-order valence-electron chi connectivity index (χ2n) is 6.00. The van der Waals surface area contributed by atoms with Gasteiger partial charge in [0.1, 0.15) is 0 Å². The molecule has 1 heterocycles. The Bertz CT molecular complexity index is 659. The standard InChI is InChI=1S/C15H21N3O3S.ClH/c16-14(11-2-3-11)10-17-15(19)12-4-6-13(7-5-12)18-8-1-9-22(18,20)21;/h4-7,11,14H,1-3,8-10,16H2,(H,17,19);1H. The monoisotopic (exact) mass is 359 g/mol. The lowest BCUT2D eigenvalue weighted by Gasteiger charge is -2.17. The Hall–Kier alpha value is -1.31. The molecule has 1 aromatic rings. The lowest BCUT2D eigenvalue weighted by molar-refractivity contribution is 0.0950. The van der Waals surface area contributed by atoms with Crippen LogP contribution in [0.2, 0.25) is 0 Å². The van der Waals surface area contributed by atoms with Crippen molar-refractivity contribution < 1.29 is 13.2 Å². The van der Waals surface area contributed by atoms with Crippen molar-refractivity contribution in [3.05, 3.63) is 29.8 Å². The molecule has 3 rings (SSSR count). The van der Waals surface area contributed by atoms with E-state index in [0.29, 0.717) is 36.7 Å². The number of nitrogens with two attached hydrogens (primary N) is 1. The van der Waals surface area contributed by atoms with Gasteiger partial charge in [-0.2, -0.15) is 0 Å². The Morgan fingerprint density at radius 2 is 1.96 bits per heavy atom. The number of anilines is 1. The summed E-state index contributed by atoms with van der Waals surface area (Å²) in [7, 11) is -3.18. The summed E-state index contributed by atoms with van der Waals surface area (Å²) in [6.07, 6.45) is 2.94. The number of rotatable bonds is 5. The zero-order chi connectivity index (χ0) is 15.7. The summed E-state index contributed by atoms with van der Waals surface area (Å²) in [5, 5.41) is 2.83. The molecule has 1 saturated carbocycles. The lowest BCUT2D eigenvalue weighted by Crippen LogP contribution is -2.38. The molecule has 1 aliphatic heterocycles. The van der Waals surface area contributed by atoms with Gasteiger partial charge in [-0.15, -0.1) is 12.4 Å². The summed E-state index contributed by atoms with van der Waals surface area (Å²) in [5.41, 5.74) is 7.09. The van der Waals surface area contributed by atoms with Gasteiger partial charge in [0.2, 0.25) is 10.0 Å². The number of hydrogen-bond acceptors (Lipinski definition) is 4. The van der Waals surface area contributed by atoms with Crippen molar-refractivity contribution in [2.75, 3.05) is 23.1 Å². The zero-order valence-electron chi connectivity index (χ0n) is 12.8. The maximum Gasteiger partial charge on any atom is 0.251 e. The van der Waals surface area contributed by atoms with Crippen LogP contribution in [0.3, 0.4) is 0 Å². The van der Waals surface area contributed by atoms with Crippen LogP contribution in [0.5, 0.6) is 0 Å². The lowest BCUT2D eigenvalue weighted by atomic mass is 10.1.